The van der Waals surface area contributed by atoms with Crippen molar-refractivity contribution < 1.29 is 14.0 Å². The summed E-state index contributed by atoms with van der Waals surface area (Å²) in [5, 5.41) is 2.86. The fraction of sp³-hybridized carbons (Fsp3) is 0.222. The van der Waals surface area contributed by atoms with Crippen LogP contribution in [0.15, 0.2) is 48.5 Å². The van der Waals surface area contributed by atoms with Crippen LogP contribution in [0.3, 0.4) is 0 Å². The highest BCUT2D eigenvalue weighted by atomic mass is 19.1. The molecule has 1 aliphatic heterocycles. The molecule has 0 saturated carbocycles. The molecule has 3 rings (SSSR count). The van der Waals surface area contributed by atoms with Gasteiger partial charge in [-0.3, -0.25) is 9.59 Å². The van der Waals surface area contributed by atoms with Gasteiger partial charge >= 0.3 is 0 Å². The number of benzene rings is 2. The summed E-state index contributed by atoms with van der Waals surface area (Å²) in [4.78, 5) is 25.8. The van der Waals surface area contributed by atoms with Gasteiger partial charge in [-0.25, -0.2) is 4.39 Å². The lowest BCUT2D eigenvalue weighted by Gasteiger charge is -2.17. The van der Waals surface area contributed by atoms with Crippen LogP contribution in [0.1, 0.15) is 22.3 Å². The van der Waals surface area contributed by atoms with Gasteiger partial charge in [0.05, 0.1) is 6.04 Å². The Bertz CT molecular complexity index is 743. The number of hydrogen-bond donors (Lipinski definition) is 1. The second-order valence-corrected chi connectivity index (χ2v) is 5.72. The van der Waals surface area contributed by atoms with Crippen molar-refractivity contribution in [2.24, 2.45) is 0 Å². The van der Waals surface area contributed by atoms with E-state index in [0.29, 0.717) is 17.8 Å². The summed E-state index contributed by atoms with van der Waals surface area (Å²) in [6, 6.07) is 12.9. The van der Waals surface area contributed by atoms with Gasteiger partial charge in [0, 0.05) is 24.2 Å². The molecule has 23 heavy (non-hydrogen) atoms. The highest BCUT2D eigenvalue weighted by Gasteiger charge is 2.31. The highest BCUT2D eigenvalue weighted by molar-refractivity contribution is 5.98. The maximum absolute atomic E-state index is 13.3. The normalized spacial score (nSPS) is 17.4. The van der Waals surface area contributed by atoms with Gasteiger partial charge in [-0.05, 0) is 37.3 Å². The van der Waals surface area contributed by atoms with E-state index in [4.69, 9.17) is 0 Å². The predicted octanol–water partition coefficient (Wildman–Crippen LogP) is 2.67. The summed E-state index contributed by atoms with van der Waals surface area (Å²) < 4.78 is 13.3. The Morgan fingerprint density at radius 1 is 1.22 bits per heavy atom. The first-order chi connectivity index (χ1) is 11.0. The molecule has 0 bridgehead atoms. The standard InChI is InChI=1S/C18H17FN2O2/c1-12-5-7-13(8-6-12)18(23)20-15-10-17(22)21(11-15)16-4-2-3-14(19)9-16/h2-9,15H,10-11H2,1H3,(H,20,23)/t15-/m0/s1. The topological polar surface area (TPSA) is 49.4 Å². The quantitative estimate of drug-likeness (QED) is 0.947. The molecule has 1 atom stereocenters. The molecule has 1 heterocycles. The minimum Gasteiger partial charge on any atom is -0.347 e. The Hall–Kier alpha value is -2.69. The van der Waals surface area contributed by atoms with Crippen molar-refractivity contribution >= 4 is 17.5 Å². The fourth-order valence-electron chi connectivity index (χ4n) is 2.67. The number of carbonyl (C=O) groups is 2. The molecule has 0 aliphatic carbocycles. The highest BCUT2D eigenvalue weighted by Crippen LogP contribution is 2.22. The van der Waals surface area contributed by atoms with E-state index in [1.165, 1.54) is 17.0 Å². The molecular weight excluding hydrogens is 295 g/mol. The van der Waals surface area contributed by atoms with Gasteiger partial charge < -0.3 is 10.2 Å². The maximum Gasteiger partial charge on any atom is 0.251 e. The SMILES string of the molecule is Cc1ccc(C(=O)N[C@H]2CC(=O)N(c3cccc(F)c3)C2)cc1. The molecule has 4 nitrogen and oxygen atoms in total. The lowest BCUT2D eigenvalue weighted by molar-refractivity contribution is -0.117. The van der Waals surface area contributed by atoms with Crippen LogP contribution in [0, 0.1) is 12.7 Å². The van der Waals surface area contributed by atoms with Crippen molar-refractivity contribution in [3.05, 3.63) is 65.5 Å². The first kappa shape index (κ1) is 15.2. The summed E-state index contributed by atoms with van der Waals surface area (Å²) >= 11 is 0. The zero-order valence-corrected chi connectivity index (χ0v) is 12.8. The Morgan fingerprint density at radius 3 is 2.65 bits per heavy atom. The largest absolute Gasteiger partial charge is 0.347 e. The van der Waals surface area contributed by atoms with Gasteiger partial charge in [0.1, 0.15) is 5.82 Å². The number of amides is 2. The minimum absolute atomic E-state index is 0.121. The number of nitrogens with one attached hydrogen (secondary N) is 1. The summed E-state index contributed by atoms with van der Waals surface area (Å²) in [5.74, 6) is -0.712. The van der Waals surface area contributed by atoms with Gasteiger partial charge in [0.25, 0.3) is 5.91 Å². The van der Waals surface area contributed by atoms with Crippen molar-refractivity contribution in [1.29, 1.82) is 0 Å². The molecule has 0 aromatic heterocycles. The van der Waals surface area contributed by atoms with Crippen molar-refractivity contribution in [1.82, 2.24) is 5.32 Å². The zero-order valence-electron chi connectivity index (χ0n) is 12.8. The van der Waals surface area contributed by atoms with Crippen LogP contribution in [0.5, 0.6) is 0 Å². The predicted molar refractivity (Wildman–Crippen MR) is 85.8 cm³/mol. The first-order valence-corrected chi connectivity index (χ1v) is 7.46. The molecular formula is C18H17FN2O2. The average molecular weight is 312 g/mol. The van der Waals surface area contributed by atoms with Crippen LogP contribution in [0.2, 0.25) is 0 Å². The Labute approximate surface area is 133 Å². The van der Waals surface area contributed by atoms with E-state index >= 15 is 0 Å². The number of halogens is 1. The van der Waals surface area contributed by atoms with Gasteiger partial charge in [-0.2, -0.15) is 0 Å². The van der Waals surface area contributed by atoms with Crippen LogP contribution in [-0.4, -0.2) is 24.4 Å². The average Bonchev–Trinajstić information content (AvgIpc) is 2.88. The number of anilines is 1. The molecule has 1 N–H and O–H groups in total. The van der Waals surface area contributed by atoms with Gasteiger partial charge in [0.15, 0.2) is 0 Å². The van der Waals surface area contributed by atoms with E-state index in [0.717, 1.165) is 5.56 Å². The monoisotopic (exact) mass is 312 g/mol. The molecule has 0 spiro atoms. The van der Waals surface area contributed by atoms with E-state index in [-0.39, 0.29) is 30.1 Å². The Morgan fingerprint density at radius 2 is 1.96 bits per heavy atom. The molecule has 5 heteroatoms. The van der Waals surface area contributed by atoms with E-state index in [1.54, 1.807) is 24.3 Å². The molecule has 2 aromatic carbocycles. The molecule has 1 fully saturated rings. The number of aryl methyl sites for hydroxylation is 1. The van der Waals surface area contributed by atoms with Crippen LogP contribution in [0.25, 0.3) is 0 Å². The van der Waals surface area contributed by atoms with Gasteiger partial charge in [0.2, 0.25) is 5.91 Å². The smallest absolute Gasteiger partial charge is 0.251 e. The second kappa shape index (κ2) is 6.20. The number of hydrogen-bond acceptors (Lipinski definition) is 2. The summed E-state index contributed by atoms with van der Waals surface area (Å²) in [5.41, 5.74) is 2.16. The van der Waals surface area contributed by atoms with E-state index in [9.17, 15) is 14.0 Å². The van der Waals surface area contributed by atoms with E-state index in [1.807, 2.05) is 19.1 Å². The molecule has 2 amide bonds. The Kier molecular flexibility index (Phi) is 4.10. The molecule has 0 radical (unpaired) electrons. The zero-order chi connectivity index (χ0) is 16.4. The third-order valence-electron chi connectivity index (χ3n) is 3.89. The number of carbonyl (C=O) groups excluding carboxylic acids is 2. The van der Waals surface area contributed by atoms with Crippen LogP contribution in [0.4, 0.5) is 10.1 Å². The van der Waals surface area contributed by atoms with Crippen molar-refractivity contribution in [3.63, 3.8) is 0 Å². The van der Waals surface area contributed by atoms with Crippen LogP contribution < -0.4 is 10.2 Å². The lowest BCUT2D eigenvalue weighted by Crippen LogP contribution is -2.37. The summed E-state index contributed by atoms with van der Waals surface area (Å²) in [7, 11) is 0. The maximum atomic E-state index is 13.3. The Balaban J connectivity index is 1.68. The fourth-order valence-corrected chi connectivity index (χ4v) is 2.67. The first-order valence-electron chi connectivity index (χ1n) is 7.46. The molecule has 1 aliphatic rings. The van der Waals surface area contributed by atoms with E-state index < -0.39 is 0 Å². The van der Waals surface area contributed by atoms with E-state index in [2.05, 4.69) is 5.32 Å². The molecule has 2 aromatic rings. The van der Waals surface area contributed by atoms with Crippen LogP contribution in [-0.2, 0) is 4.79 Å². The number of nitrogens with zero attached hydrogens (tertiary/aromatic N) is 1. The van der Waals surface area contributed by atoms with Crippen molar-refractivity contribution in [3.8, 4) is 0 Å². The summed E-state index contributed by atoms with van der Waals surface area (Å²) in [6.07, 6.45) is 0.216. The molecule has 118 valence electrons. The minimum atomic E-state index is -0.387. The lowest BCUT2D eigenvalue weighted by atomic mass is 10.1. The van der Waals surface area contributed by atoms with Crippen LogP contribution >= 0.6 is 0 Å². The van der Waals surface area contributed by atoms with Crippen molar-refractivity contribution in [2.75, 3.05) is 11.4 Å². The summed E-state index contributed by atoms with van der Waals surface area (Å²) in [6.45, 7) is 2.30. The molecule has 1 saturated heterocycles. The second-order valence-electron chi connectivity index (χ2n) is 5.72. The number of rotatable bonds is 3. The third kappa shape index (κ3) is 3.39. The third-order valence-corrected chi connectivity index (χ3v) is 3.89. The van der Waals surface area contributed by atoms with Crippen molar-refractivity contribution in [2.45, 2.75) is 19.4 Å². The van der Waals surface area contributed by atoms with Gasteiger partial charge in [-0.1, -0.05) is 23.8 Å². The molecule has 0 unspecified atom stereocenters. The van der Waals surface area contributed by atoms with Gasteiger partial charge in [-0.15, -0.1) is 0 Å².